The van der Waals surface area contributed by atoms with E-state index in [2.05, 4.69) is 4.90 Å². The highest BCUT2D eigenvalue weighted by molar-refractivity contribution is 5.82. The lowest BCUT2D eigenvalue weighted by atomic mass is 10.2. The van der Waals surface area contributed by atoms with Crippen LogP contribution in [0.4, 0.5) is 0 Å². The molecular formula is C25H29N3O7. The van der Waals surface area contributed by atoms with Crippen molar-refractivity contribution in [3.05, 3.63) is 46.5 Å². The second-order valence-corrected chi connectivity index (χ2v) is 8.31. The van der Waals surface area contributed by atoms with Crippen LogP contribution in [0.2, 0.25) is 0 Å². The quantitative estimate of drug-likeness (QED) is 0.426. The molecule has 0 unspecified atom stereocenters. The third-order valence-corrected chi connectivity index (χ3v) is 6.15. The van der Waals surface area contributed by atoms with Crippen molar-refractivity contribution >= 4 is 10.9 Å². The number of nitrogens with zero attached hydrogens (tertiary/aromatic N) is 3. The lowest BCUT2D eigenvalue weighted by Gasteiger charge is -2.27. The number of hydrogen-bond acceptors (Lipinski definition) is 9. The Bertz CT molecular complexity index is 1250. The van der Waals surface area contributed by atoms with Gasteiger partial charge in [-0.15, -0.1) is 0 Å². The number of hydrogen-bond donors (Lipinski definition) is 0. The van der Waals surface area contributed by atoms with E-state index >= 15 is 0 Å². The van der Waals surface area contributed by atoms with Gasteiger partial charge in [0.1, 0.15) is 11.6 Å². The van der Waals surface area contributed by atoms with Crippen LogP contribution in [0.5, 0.6) is 28.7 Å². The smallest absolute Gasteiger partial charge is 0.261 e. The number of benzene rings is 2. The Hall–Kier alpha value is -3.50. The first kappa shape index (κ1) is 23.3. The predicted octanol–water partition coefficient (Wildman–Crippen LogP) is 2.44. The lowest BCUT2D eigenvalue weighted by molar-refractivity contribution is 0.0324. The Morgan fingerprint density at radius 3 is 2.57 bits per heavy atom. The summed E-state index contributed by atoms with van der Waals surface area (Å²) in [5.41, 5.74) is 0.478. The zero-order valence-electron chi connectivity index (χ0n) is 20.0. The number of ether oxygens (including phenoxy) is 6. The van der Waals surface area contributed by atoms with Gasteiger partial charge in [0.2, 0.25) is 6.79 Å². The van der Waals surface area contributed by atoms with E-state index in [1.165, 1.54) is 0 Å². The van der Waals surface area contributed by atoms with Crippen molar-refractivity contribution in [1.82, 2.24) is 14.5 Å². The molecule has 1 saturated heterocycles. The van der Waals surface area contributed by atoms with E-state index in [0.29, 0.717) is 84.8 Å². The summed E-state index contributed by atoms with van der Waals surface area (Å²) in [6, 6.07) is 8.95. The summed E-state index contributed by atoms with van der Waals surface area (Å²) in [6.07, 6.45) is 0.630. The highest BCUT2D eigenvalue weighted by Gasteiger charge is 2.19. The molecule has 3 aromatic rings. The molecule has 0 amide bonds. The van der Waals surface area contributed by atoms with Gasteiger partial charge < -0.3 is 28.4 Å². The Balaban J connectivity index is 1.38. The predicted molar refractivity (Wildman–Crippen MR) is 128 cm³/mol. The van der Waals surface area contributed by atoms with Crippen LogP contribution in [0.3, 0.4) is 0 Å². The molecule has 1 fully saturated rings. The first-order chi connectivity index (χ1) is 17.2. The largest absolute Gasteiger partial charge is 0.493 e. The second kappa shape index (κ2) is 10.4. The third kappa shape index (κ3) is 4.98. The van der Waals surface area contributed by atoms with E-state index in [4.69, 9.17) is 33.4 Å². The number of fused-ring (bicyclic) bond motifs is 2. The van der Waals surface area contributed by atoms with Crippen molar-refractivity contribution in [2.24, 2.45) is 0 Å². The Labute approximate surface area is 202 Å². The molecule has 10 nitrogen and oxygen atoms in total. The van der Waals surface area contributed by atoms with Crippen molar-refractivity contribution < 1.29 is 28.4 Å². The highest BCUT2D eigenvalue weighted by atomic mass is 16.7. The van der Waals surface area contributed by atoms with E-state index in [-0.39, 0.29) is 12.4 Å². The average molecular weight is 484 g/mol. The van der Waals surface area contributed by atoms with Gasteiger partial charge in [-0.3, -0.25) is 14.3 Å². The number of rotatable bonds is 9. The molecule has 35 heavy (non-hydrogen) atoms. The molecule has 0 atom stereocenters. The van der Waals surface area contributed by atoms with E-state index < -0.39 is 0 Å². The monoisotopic (exact) mass is 483 g/mol. The van der Waals surface area contributed by atoms with Gasteiger partial charge in [-0.2, -0.15) is 0 Å². The Morgan fingerprint density at radius 1 is 1.00 bits per heavy atom. The molecule has 2 aromatic carbocycles. The molecule has 1 aromatic heterocycles. The SMILES string of the molecule is COc1cc2nc(CN3CCOCC3)n(CCCOc3ccc4c(c3)OCO4)c(=O)c2cc1OC. The fourth-order valence-electron chi connectivity index (χ4n) is 4.28. The van der Waals surface area contributed by atoms with E-state index in [1.807, 2.05) is 18.2 Å². The molecule has 0 saturated carbocycles. The van der Waals surface area contributed by atoms with Crippen LogP contribution in [0.1, 0.15) is 12.2 Å². The first-order valence-corrected chi connectivity index (χ1v) is 11.6. The topological polar surface area (TPSA) is 93.5 Å². The van der Waals surface area contributed by atoms with Crippen LogP contribution in [0.25, 0.3) is 10.9 Å². The molecule has 5 rings (SSSR count). The van der Waals surface area contributed by atoms with Gasteiger partial charge in [-0.05, 0) is 24.6 Å². The minimum Gasteiger partial charge on any atom is -0.493 e. The molecule has 0 radical (unpaired) electrons. The maximum atomic E-state index is 13.6. The van der Waals surface area contributed by atoms with Gasteiger partial charge in [0.15, 0.2) is 23.0 Å². The molecule has 0 N–H and O–H groups in total. The van der Waals surface area contributed by atoms with Crippen molar-refractivity contribution in [2.45, 2.75) is 19.5 Å². The fourth-order valence-corrected chi connectivity index (χ4v) is 4.28. The molecule has 0 spiro atoms. The summed E-state index contributed by atoms with van der Waals surface area (Å²) < 4.78 is 34.7. The summed E-state index contributed by atoms with van der Waals surface area (Å²) in [7, 11) is 3.12. The van der Waals surface area contributed by atoms with Crippen LogP contribution < -0.4 is 29.2 Å². The molecule has 2 aliphatic heterocycles. The van der Waals surface area contributed by atoms with Crippen LogP contribution in [0.15, 0.2) is 35.1 Å². The highest BCUT2D eigenvalue weighted by Crippen LogP contribution is 2.35. The number of methoxy groups -OCH3 is 2. The van der Waals surface area contributed by atoms with E-state index in [9.17, 15) is 4.79 Å². The van der Waals surface area contributed by atoms with E-state index in [1.54, 1.807) is 30.9 Å². The number of morpholine rings is 1. The Kier molecular flexibility index (Phi) is 6.91. The molecule has 10 heteroatoms. The summed E-state index contributed by atoms with van der Waals surface area (Å²) in [6.45, 7) is 4.64. The zero-order chi connectivity index (χ0) is 24.2. The maximum absolute atomic E-state index is 13.6. The number of aromatic nitrogens is 2. The average Bonchev–Trinajstić information content (AvgIpc) is 3.36. The maximum Gasteiger partial charge on any atom is 0.261 e. The van der Waals surface area contributed by atoms with Crippen LogP contribution in [-0.2, 0) is 17.8 Å². The Morgan fingerprint density at radius 2 is 1.77 bits per heavy atom. The standard InChI is InChI=1S/C25H29N3O7/c1-30-21-13-18-19(14-22(21)31-2)26-24(15-27-7-10-32-11-8-27)28(25(18)29)6-3-9-33-17-4-5-20-23(12-17)35-16-34-20/h4-5,12-14H,3,6-11,15-16H2,1-2H3. The zero-order valence-corrected chi connectivity index (χ0v) is 20.0. The molecule has 0 bridgehead atoms. The summed E-state index contributed by atoms with van der Waals surface area (Å²) in [5, 5.41) is 0.491. The molecular weight excluding hydrogens is 454 g/mol. The minimum atomic E-state index is -0.109. The molecule has 2 aliphatic rings. The minimum absolute atomic E-state index is 0.109. The van der Waals surface area contributed by atoms with Crippen molar-refractivity contribution in [3.63, 3.8) is 0 Å². The summed E-state index contributed by atoms with van der Waals surface area (Å²) in [5.74, 6) is 3.83. The first-order valence-electron chi connectivity index (χ1n) is 11.6. The van der Waals surface area contributed by atoms with Gasteiger partial charge >= 0.3 is 0 Å². The second-order valence-electron chi connectivity index (χ2n) is 8.31. The van der Waals surface area contributed by atoms with Gasteiger partial charge in [0, 0.05) is 31.8 Å². The molecule has 0 aliphatic carbocycles. The van der Waals surface area contributed by atoms with Crippen molar-refractivity contribution in [2.75, 3.05) is 53.9 Å². The van der Waals surface area contributed by atoms with Crippen LogP contribution in [0, 0.1) is 0 Å². The fraction of sp³-hybridized carbons (Fsp3) is 0.440. The molecule has 3 heterocycles. The van der Waals surface area contributed by atoms with Crippen molar-refractivity contribution in [1.29, 1.82) is 0 Å². The summed E-state index contributed by atoms with van der Waals surface area (Å²) >= 11 is 0. The van der Waals surface area contributed by atoms with Crippen molar-refractivity contribution in [3.8, 4) is 28.7 Å². The lowest BCUT2D eigenvalue weighted by Crippen LogP contribution is -2.38. The summed E-state index contributed by atoms with van der Waals surface area (Å²) in [4.78, 5) is 20.7. The normalized spacial score (nSPS) is 15.4. The van der Waals surface area contributed by atoms with Crippen LogP contribution >= 0.6 is 0 Å². The van der Waals surface area contributed by atoms with Gasteiger partial charge in [-0.1, -0.05) is 0 Å². The van der Waals surface area contributed by atoms with Gasteiger partial charge in [0.05, 0.1) is 51.5 Å². The molecule has 186 valence electrons. The van der Waals surface area contributed by atoms with Gasteiger partial charge in [0.25, 0.3) is 5.56 Å². The van der Waals surface area contributed by atoms with Gasteiger partial charge in [-0.25, -0.2) is 4.98 Å². The van der Waals surface area contributed by atoms with Crippen LogP contribution in [-0.4, -0.2) is 68.4 Å². The van der Waals surface area contributed by atoms with E-state index in [0.717, 1.165) is 13.1 Å². The third-order valence-electron chi connectivity index (χ3n) is 6.15.